The highest BCUT2D eigenvalue weighted by molar-refractivity contribution is 5.93. The van der Waals surface area contributed by atoms with Crippen LogP contribution in [0.15, 0.2) is 53.3 Å². The molecule has 0 saturated heterocycles. The van der Waals surface area contributed by atoms with Crippen molar-refractivity contribution in [3.63, 3.8) is 0 Å². The molecule has 1 N–H and O–H groups in total. The van der Waals surface area contributed by atoms with Crippen LogP contribution in [0.1, 0.15) is 12.5 Å². The van der Waals surface area contributed by atoms with E-state index in [1.807, 2.05) is 18.2 Å². The van der Waals surface area contributed by atoms with Gasteiger partial charge in [0.25, 0.3) is 5.56 Å². The summed E-state index contributed by atoms with van der Waals surface area (Å²) in [5, 5.41) is 0.836. The van der Waals surface area contributed by atoms with Crippen molar-refractivity contribution in [1.29, 1.82) is 0 Å². The minimum absolute atomic E-state index is 0.137. The number of aromatic nitrogens is 1. The fourth-order valence-electron chi connectivity index (χ4n) is 2.86. The highest BCUT2D eigenvalue weighted by Crippen LogP contribution is 2.29. The van der Waals surface area contributed by atoms with Crippen molar-refractivity contribution < 1.29 is 14.3 Å². The second kappa shape index (κ2) is 7.31. The summed E-state index contributed by atoms with van der Waals surface area (Å²) in [7, 11) is 3.14. The van der Waals surface area contributed by atoms with Gasteiger partial charge in [-0.05, 0) is 36.4 Å². The average molecular weight is 352 g/mol. The van der Waals surface area contributed by atoms with Crippen molar-refractivity contribution in [1.82, 2.24) is 4.98 Å². The topological polar surface area (TPSA) is 71.6 Å². The van der Waals surface area contributed by atoms with Gasteiger partial charge in [-0.3, -0.25) is 9.59 Å². The maximum atomic E-state index is 12.5. The average Bonchev–Trinajstić information content (AvgIpc) is 2.65. The molecule has 0 spiro atoms. The van der Waals surface area contributed by atoms with E-state index in [0.29, 0.717) is 28.3 Å². The van der Waals surface area contributed by atoms with Crippen molar-refractivity contribution in [3.05, 3.63) is 64.4 Å². The Kier molecular flexibility index (Phi) is 4.93. The van der Waals surface area contributed by atoms with Crippen LogP contribution < -0.4 is 19.9 Å². The van der Waals surface area contributed by atoms with Crippen LogP contribution in [-0.4, -0.2) is 25.1 Å². The molecule has 0 radical (unpaired) electrons. The molecule has 26 heavy (non-hydrogen) atoms. The molecule has 3 rings (SSSR count). The van der Waals surface area contributed by atoms with Crippen molar-refractivity contribution in [2.75, 3.05) is 19.1 Å². The zero-order valence-corrected chi connectivity index (χ0v) is 14.9. The van der Waals surface area contributed by atoms with Gasteiger partial charge in [-0.2, -0.15) is 0 Å². The monoisotopic (exact) mass is 352 g/mol. The summed E-state index contributed by atoms with van der Waals surface area (Å²) in [6, 6.07) is 14.4. The van der Waals surface area contributed by atoms with E-state index in [-0.39, 0.29) is 18.0 Å². The first-order valence-corrected chi connectivity index (χ1v) is 8.14. The molecule has 2 aromatic carbocycles. The van der Waals surface area contributed by atoms with E-state index in [1.165, 1.54) is 11.8 Å². The first-order valence-electron chi connectivity index (χ1n) is 8.14. The fraction of sp³-hybridized carbons (Fsp3) is 0.200. The van der Waals surface area contributed by atoms with Crippen LogP contribution in [0.4, 0.5) is 5.69 Å². The number of para-hydroxylation sites is 2. The number of anilines is 1. The quantitative estimate of drug-likeness (QED) is 0.766. The number of fused-ring (bicyclic) bond motifs is 1. The zero-order valence-electron chi connectivity index (χ0n) is 14.9. The molecule has 1 heterocycles. The number of H-pyrrole nitrogens is 1. The lowest BCUT2D eigenvalue weighted by Crippen LogP contribution is -2.31. The van der Waals surface area contributed by atoms with E-state index < -0.39 is 0 Å². The molecule has 0 saturated carbocycles. The largest absolute Gasteiger partial charge is 0.497 e. The Bertz CT molecular complexity index is 1010. The van der Waals surface area contributed by atoms with Gasteiger partial charge in [0.2, 0.25) is 5.91 Å². The van der Waals surface area contributed by atoms with Crippen LogP contribution in [0.5, 0.6) is 11.5 Å². The molecule has 6 nitrogen and oxygen atoms in total. The van der Waals surface area contributed by atoms with Gasteiger partial charge in [0.1, 0.15) is 11.5 Å². The Labute approximate surface area is 151 Å². The van der Waals surface area contributed by atoms with Gasteiger partial charge in [0.05, 0.1) is 26.5 Å². The summed E-state index contributed by atoms with van der Waals surface area (Å²) in [5.41, 5.74) is 1.58. The molecule has 134 valence electrons. The normalized spacial score (nSPS) is 10.6. The Hall–Kier alpha value is -3.28. The van der Waals surface area contributed by atoms with Crippen LogP contribution in [-0.2, 0) is 11.3 Å². The zero-order chi connectivity index (χ0) is 18.7. The van der Waals surface area contributed by atoms with Crippen LogP contribution in [0.2, 0.25) is 0 Å². The first kappa shape index (κ1) is 17.5. The number of nitrogens with one attached hydrogen (secondary N) is 1. The fourth-order valence-corrected chi connectivity index (χ4v) is 2.86. The van der Waals surface area contributed by atoms with E-state index >= 15 is 0 Å². The number of pyridine rings is 1. The van der Waals surface area contributed by atoms with Crippen molar-refractivity contribution >= 4 is 22.5 Å². The number of rotatable bonds is 5. The van der Waals surface area contributed by atoms with E-state index in [2.05, 4.69) is 4.98 Å². The lowest BCUT2D eigenvalue weighted by atomic mass is 10.1. The summed E-state index contributed by atoms with van der Waals surface area (Å²) in [6.45, 7) is 1.60. The predicted molar refractivity (Wildman–Crippen MR) is 101 cm³/mol. The summed E-state index contributed by atoms with van der Waals surface area (Å²) >= 11 is 0. The van der Waals surface area contributed by atoms with Crippen molar-refractivity contribution in [3.8, 4) is 11.5 Å². The van der Waals surface area contributed by atoms with Gasteiger partial charge in [0, 0.05) is 23.4 Å². The minimum Gasteiger partial charge on any atom is -0.497 e. The second-order valence-electron chi connectivity index (χ2n) is 5.85. The second-order valence-corrected chi connectivity index (χ2v) is 5.85. The summed E-state index contributed by atoms with van der Waals surface area (Å²) < 4.78 is 10.6. The van der Waals surface area contributed by atoms with E-state index in [4.69, 9.17) is 9.47 Å². The third-order valence-electron chi connectivity index (χ3n) is 4.21. The van der Waals surface area contributed by atoms with Gasteiger partial charge in [-0.1, -0.05) is 12.1 Å². The lowest BCUT2D eigenvalue weighted by molar-refractivity contribution is -0.116. The molecule has 0 aliphatic rings. The number of amides is 1. The Morgan fingerprint density at radius 1 is 1.08 bits per heavy atom. The van der Waals surface area contributed by atoms with Crippen molar-refractivity contribution in [2.24, 2.45) is 0 Å². The van der Waals surface area contributed by atoms with Crippen LogP contribution in [0, 0.1) is 0 Å². The predicted octanol–water partition coefficient (Wildman–Crippen LogP) is 3.10. The minimum atomic E-state index is -0.233. The highest BCUT2D eigenvalue weighted by Gasteiger charge is 2.18. The van der Waals surface area contributed by atoms with E-state index in [1.54, 1.807) is 44.6 Å². The smallest absolute Gasteiger partial charge is 0.253 e. The Balaban J connectivity index is 2.05. The molecule has 0 atom stereocenters. The Morgan fingerprint density at radius 2 is 1.85 bits per heavy atom. The number of hydrogen-bond acceptors (Lipinski definition) is 4. The number of ether oxygens (including phenoxy) is 2. The molecular weight excluding hydrogens is 332 g/mol. The van der Waals surface area contributed by atoms with Gasteiger partial charge in [0.15, 0.2) is 0 Å². The molecule has 0 aliphatic heterocycles. The maximum absolute atomic E-state index is 12.5. The standard InChI is InChI=1S/C20H20N2O4/c1-13(23)22(18-6-4-5-7-19(18)26-3)12-15-10-14-11-16(25-2)8-9-17(14)21-20(15)24/h4-11H,12H2,1-3H3,(H,21,24). The molecular formula is C20H20N2O4. The summed E-state index contributed by atoms with van der Waals surface area (Å²) in [4.78, 5) is 29.1. The highest BCUT2D eigenvalue weighted by atomic mass is 16.5. The number of carbonyl (C=O) groups is 1. The van der Waals surface area contributed by atoms with Gasteiger partial charge in [-0.25, -0.2) is 0 Å². The van der Waals surface area contributed by atoms with Crippen LogP contribution in [0.25, 0.3) is 10.9 Å². The molecule has 3 aromatic rings. The Morgan fingerprint density at radius 3 is 2.54 bits per heavy atom. The number of carbonyl (C=O) groups excluding carboxylic acids is 1. The molecule has 0 fully saturated rings. The molecule has 1 aromatic heterocycles. The molecule has 0 aliphatic carbocycles. The van der Waals surface area contributed by atoms with Gasteiger partial charge < -0.3 is 19.4 Å². The molecule has 6 heteroatoms. The van der Waals surface area contributed by atoms with Crippen molar-refractivity contribution in [2.45, 2.75) is 13.5 Å². The SMILES string of the molecule is COc1ccc2[nH]c(=O)c(CN(C(C)=O)c3ccccc3OC)cc2c1. The number of nitrogens with zero attached hydrogens (tertiary/aromatic N) is 1. The third kappa shape index (κ3) is 3.39. The first-order chi connectivity index (χ1) is 12.5. The van der Waals surface area contributed by atoms with Crippen LogP contribution >= 0.6 is 0 Å². The molecule has 0 bridgehead atoms. The number of aromatic amines is 1. The van der Waals surface area contributed by atoms with Gasteiger partial charge >= 0.3 is 0 Å². The number of methoxy groups -OCH3 is 2. The molecule has 1 amide bonds. The summed E-state index contributed by atoms with van der Waals surface area (Å²) in [6.07, 6.45) is 0. The van der Waals surface area contributed by atoms with E-state index in [9.17, 15) is 9.59 Å². The van der Waals surface area contributed by atoms with E-state index in [0.717, 1.165) is 5.39 Å². The number of benzene rings is 2. The third-order valence-corrected chi connectivity index (χ3v) is 4.21. The summed E-state index contributed by atoms with van der Waals surface area (Å²) in [5.74, 6) is 1.09. The lowest BCUT2D eigenvalue weighted by Gasteiger charge is -2.23. The number of hydrogen-bond donors (Lipinski definition) is 1. The van der Waals surface area contributed by atoms with Crippen LogP contribution in [0.3, 0.4) is 0 Å². The maximum Gasteiger partial charge on any atom is 0.253 e. The van der Waals surface area contributed by atoms with Gasteiger partial charge in [-0.15, -0.1) is 0 Å². The molecule has 0 unspecified atom stereocenters.